The smallest absolute Gasteiger partial charge is 0.255 e. The molecule has 2 heterocycles. The standard InChI is InChI=1S/C11H16ClN5O/c1-4-16(5-6-18-3)10-8(2)9(12)15-11-13-7-14-17(10)11/h7H,4-6H2,1-3H3. The summed E-state index contributed by atoms with van der Waals surface area (Å²) < 4.78 is 6.83. The van der Waals surface area contributed by atoms with E-state index in [1.54, 1.807) is 11.6 Å². The minimum absolute atomic E-state index is 0.460. The summed E-state index contributed by atoms with van der Waals surface area (Å²) >= 11 is 6.13. The Balaban J connectivity index is 2.52. The predicted octanol–water partition coefficient (Wildman–Crippen LogP) is 1.56. The molecule has 0 aromatic carbocycles. The van der Waals surface area contributed by atoms with Gasteiger partial charge in [0, 0.05) is 25.8 Å². The molecule has 0 unspecified atom stereocenters. The van der Waals surface area contributed by atoms with Gasteiger partial charge in [-0.15, -0.1) is 0 Å². The van der Waals surface area contributed by atoms with E-state index in [1.807, 2.05) is 6.92 Å². The van der Waals surface area contributed by atoms with Crippen LogP contribution in [0.15, 0.2) is 6.33 Å². The third-order valence-electron chi connectivity index (χ3n) is 2.82. The highest BCUT2D eigenvalue weighted by Gasteiger charge is 2.17. The van der Waals surface area contributed by atoms with Crippen molar-refractivity contribution < 1.29 is 4.74 Å². The SMILES string of the molecule is CCN(CCOC)c1c(C)c(Cl)nc2ncnn12. The summed E-state index contributed by atoms with van der Waals surface area (Å²) in [4.78, 5) is 10.4. The molecule has 0 radical (unpaired) electrons. The zero-order chi connectivity index (χ0) is 13.1. The molecule has 0 fully saturated rings. The first-order chi connectivity index (χ1) is 8.69. The van der Waals surface area contributed by atoms with Crippen molar-refractivity contribution in [1.29, 1.82) is 0 Å². The summed E-state index contributed by atoms with van der Waals surface area (Å²) in [6, 6.07) is 0. The number of rotatable bonds is 5. The second kappa shape index (κ2) is 5.49. The van der Waals surface area contributed by atoms with E-state index in [0.29, 0.717) is 17.5 Å². The van der Waals surface area contributed by atoms with Gasteiger partial charge in [-0.25, -0.2) is 0 Å². The molecular weight excluding hydrogens is 254 g/mol. The Bertz CT molecular complexity index is 541. The molecule has 0 aliphatic heterocycles. The number of hydrogen-bond acceptors (Lipinski definition) is 5. The number of fused-ring (bicyclic) bond motifs is 1. The molecule has 0 aliphatic carbocycles. The lowest BCUT2D eigenvalue weighted by molar-refractivity contribution is 0.205. The van der Waals surface area contributed by atoms with Crippen molar-refractivity contribution in [2.45, 2.75) is 13.8 Å². The molecule has 0 atom stereocenters. The third kappa shape index (κ3) is 2.26. The molecule has 0 saturated carbocycles. The maximum atomic E-state index is 6.13. The van der Waals surface area contributed by atoms with Gasteiger partial charge in [-0.05, 0) is 13.8 Å². The minimum atomic E-state index is 0.460. The van der Waals surface area contributed by atoms with Gasteiger partial charge in [0.15, 0.2) is 0 Å². The highest BCUT2D eigenvalue weighted by molar-refractivity contribution is 6.30. The Morgan fingerprint density at radius 3 is 2.94 bits per heavy atom. The van der Waals surface area contributed by atoms with Crippen molar-refractivity contribution in [3.63, 3.8) is 0 Å². The molecule has 0 amide bonds. The van der Waals surface area contributed by atoms with Crippen molar-refractivity contribution in [3.8, 4) is 0 Å². The van der Waals surface area contributed by atoms with Gasteiger partial charge in [0.1, 0.15) is 17.3 Å². The van der Waals surface area contributed by atoms with E-state index in [2.05, 4.69) is 26.9 Å². The van der Waals surface area contributed by atoms with Gasteiger partial charge >= 0.3 is 0 Å². The van der Waals surface area contributed by atoms with E-state index in [-0.39, 0.29) is 0 Å². The van der Waals surface area contributed by atoms with E-state index >= 15 is 0 Å². The number of methoxy groups -OCH3 is 1. The fourth-order valence-corrected chi connectivity index (χ4v) is 2.03. The van der Waals surface area contributed by atoms with Gasteiger partial charge in [0.2, 0.25) is 0 Å². The number of hydrogen-bond donors (Lipinski definition) is 0. The summed E-state index contributed by atoms with van der Waals surface area (Å²) in [6.45, 7) is 6.25. The Morgan fingerprint density at radius 2 is 2.28 bits per heavy atom. The zero-order valence-electron chi connectivity index (χ0n) is 10.7. The lowest BCUT2D eigenvalue weighted by Crippen LogP contribution is -2.30. The summed E-state index contributed by atoms with van der Waals surface area (Å²) in [7, 11) is 1.69. The van der Waals surface area contributed by atoms with Gasteiger partial charge in [0.25, 0.3) is 5.78 Å². The highest BCUT2D eigenvalue weighted by Crippen LogP contribution is 2.25. The molecule has 0 bridgehead atoms. The number of aromatic nitrogens is 4. The average Bonchev–Trinajstić information content (AvgIpc) is 2.81. The van der Waals surface area contributed by atoms with E-state index in [9.17, 15) is 0 Å². The molecule has 2 rings (SSSR count). The molecule has 18 heavy (non-hydrogen) atoms. The molecule has 2 aromatic rings. The summed E-state index contributed by atoms with van der Waals surface area (Å²) in [5, 5.41) is 4.66. The van der Waals surface area contributed by atoms with Crippen LogP contribution in [-0.4, -0.2) is 46.4 Å². The molecule has 0 aliphatic rings. The summed E-state index contributed by atoms with van der Waals surface area (Å²) in [6.07, 6.45) is 1.48. The molecule has 6 nitrogen and oxygen atoms in total. The lowest BCUT2D eigenvalue weighted by Gasteiger charge is -2.24. The van der Waals surface area contributed by atoms with Gasteiger partial charge in [-0.2, -0.15) is 19.6 Å². The van der Waals surface area contributed by atoms with Crippen LogP contribution in [0, 0.1) is 6.92 Å². The molecule has 98 valence electrons. The highest BCUT2D eigenvalue weighted by atomic mass is 35.5. The molecule has 0 N–H and O–H groups in total. The van der Waals surface area contributed by atoms with Crippen molar-refractivity contribution in [1.82, 2.24) is 19.6 Å². The minimum Gasteiger partial charge on any atom is -0.383 e. The Kier molecular flexibility index (Phi) is 3.98. The van der Waals surface area contributed by atoms with Crippen molar-refractivity contribution >= 4 is 23.2 Å². The van der Waals surface area contributed by atoms with Crippen LogP contribution in [0.2, 0.25) is 5.15 Å². The van der Waals surface area contributed by atoms with Crippen LogP contribution < -0.4 is 4.90 Å². The van der Waals surface area contributed by atoms with Gasteiger partial charge in [-0.3, -0.25) is 0 Å². The van der Waals surface area contributed by atoms with Crippen LogP contribution in [0.5, 0.6) is 0 Å². The Labute approximate surface area is 111 Å². The maximum absolute atomic E-state index is 6.13. The van der Waals surface area contributed by atoms with Crippen LogP contribution in [0.3, 0.4) is 0 Å². The van der Waals surface area contributed by atoms with Crippen LogP contribution in [0.4, 0.5) is 5.82 Å². The zero-order valence-corrected chi connectivity index (χ0v) is 11.5. The fraction of sp³-hybridized carbons (Fsp3) is 0.545. The van der Waals surface area contributed by atoms with Crippen molar-refractivity contribution in [3.05, 3.63) is 17.0 Å². The first-order valence-electron chi connectivity index (χ1n) is 5.78. The molecule has 7 heteroatoms. The van der Waals surface area contributed by atoms with Crippen LogP contribution in [-0.2, 0) is 4.74 Å². The third-order valence-corrected chi connectivity index (χ3v) is 3.19. The lowest BCUT2D eigenvalue weighted by atomic mass is 10.3. The van der Waals surface area contributed by atoms with E-state index in [0.717, 1.165) is 24.5 Å². The van der Waals surface area contributed by atoms with Crippen LogP contribution in [0.25, 0.3) is 5.78 Å². The van der Waals surface area contributed by atoms with Gasteiger partial charge in [0.05, 0.1) is 6.61 Å². The number of anilines is 1. The number of ether oxygens (including phenoxy) is 1. The number of nitrogens with zero attached hydrogens (tertiary/aromatic N) is 5. The first-order valence-corrected chi connectivity index (χ1v) is 6.16. The van der Waals surface area contributed by atoms with Gasteiger partial charge in [-0.1, -0.05) is 11.6 Å². The van der Waals surface area contributed by atoms with Gasteiger partial charge < -0.3 is 9.64 Å². The quantitative estimate of drug-likeness (QED) is 0.771. The molecule has 0 saturated heterocycles. The molecule has 0 spiro atoms. The van der Waals surface area contributed by atoms with Crippen LogP contribution in [0.1, 0.15) is 12.5 Å². The second-order valence-corrected chi connectivity index (χ2v) is 4.25. The van der Waals surface area contributed by atoms with E-state index in [4.69, 9.17) is 16.3 Å². The van der Waals surface area contributed by atoms with Crippen molar-refractivity contribution in [2.24, 2.45) is 0 Å². The van der Waals surface area contributed by atoms with Crippen LogP contribution >= 0.6 is 11.6 Å². The predicted molar refractivity (Wildman–Crippen MR) is 70.3 cm³/mol. The summed E-state index contributed by atoms with van der Waals surface area (Å²) in [5.74, 6) is 1.43. The number of likely N-dealkylation sites (N-methyl/N-ethyl adjacent to an activating group) is 1. The molecule has 2 aromatic heterocycles. The second-order valence-electron chi connectivity index (χ2n) is 3.90. The fourth-order valence-electron chi connectivity index (χ4n) is 1.87. The Morgan fingerprint density at radius 1 is 1.50 bits per heavy atom. The molecular formula is C11H16ClN5O. The maximum Gasteiger partial charge on any atom is 0.255 e. The Hall–Kier alpha value is -1.40. The van der Waals surface area contributed by atoms with Crippen molar-refractivity contribution in [2.75, 3.05) is 31.7 Å². The monoisotopic (exact) mass is 269 g/mol. The topological polar surface area (TPSA) is 55.5 Å². The van der Waals surface area contributed by atoms with E-state index in [1.165, 1.54) is 6.33 Å². The number of halogens is 1. The summed E-state index contributed by atoms with van der Waals surface area (Å²) in [5.41, 5.74) is 0.896. The largest absolute Gasteiger partial charge is 0.383 e. The normalized spacial score (nSPS) is 11.1. The average molecular weight is 270 g/mol. The van der Waals surface area contributed by atoms with E-state index < -0.39 is 0 Å². The first kappa shape index (κ1) is 13.0.